The number of aromatic nitrogens is 2. The maximum absolute atomic E-state index is 6.28. The molecule has 2 heterocycles. The molecule has 0 bridgehead atoms. The highest BCUT2D eigenvalue weighted by Gasteiger charge is 2.27. The lowest BCUT2D eigenvalue weighted by Gasteiger charge is -2.24. The summed E-state index contributed by atoms with van der Waals surface area (Å²) in [7, 11) is 0. The van der Waals surface area contributed by atoms with Crippen LogP contribution >= 0.6 is 23.4 Å². The summed E-state index contributed by atoms with van der Waals surface area (Å²) in [5.74, 6) is 2.46. The van der Waals surface area contributed by atoms with Crippen LogP contribution in [0.2, 0.25) is 5.15 Å². The molecule has 3 nitrogen and oxygen atoms in total. The minimum atomic E-state index is -0.113. The van der Waals surface area contributed by atoms with Crippen molar-refractivity contribution < 1.29 is 4.74 Å². The van der Waals surface area contributed by atoms with Crippen LogP contribution in [0.1, 0.15) is 29.6 Å². The van der Waals surface area contributed by atoms with Gasteiger partial charge in [0.15, 0.2) is 11.9 Å². The van der Waals surface area contributed by atoms with Gasteiger partial charge >= 0.3 is 0 Å². The fraction of sp³-hybridized carbons (Fsp3) is 0.333. The van der Waals surface area contributed by atoms with Crippen molar-refractivity contribution >= 4 is 23.4 Å². The Kier molecular flexibility index (Phi) is 3.08. The second-order valence-corrected chi connectivity index (χ2v) is 6.44. The molecule has 0 saturated heterocycles. The molecule has 1 atom stereocenters. The zero-order chi connectivity index (χ0) is 13.5. The predicted molar refractivity (Wildman–Crippen MR) is 79.6 cm³/mol. The van der Waals surface area contributed by atoms with E-state index < -0.39 is 0 Å². The Morgan fingerprint density at radius 3 is 3.05 bits per heavy atom. The van der Waals surface area contributed by atoms with Crippen molar-refractivity contribution in [2.75, 3.05) is 5.75 Å². The van der Waals surface area contributed by atoms with Gasteiger partial charge in [0.2, 0.25) is 0 Å². The van der Waals surface area contributed by atoms with E-state index in [1.165, 1.54) is 4.90 Å². The van der Waals surface area contributed by atoms with Crippen LogP contribution in [0, 0.1) is 0 Å². The van der Waals surface area contributed by atoms with Crippen LogP contribution in [0.3, 0.4) is 0 Å². The second kappa shape index (κ2) is 4.93. The maximum atomic E-state index is 6.28. The molecule has 0 fully saturated rings. The van der Waals surface area contributed by atoms with Gasteiger partial charge in [0.25, 0.3) is 0 Å². The van der Waals surface area contributed by atoms with Crippen LogP contribution in [0.15, 0.2) is 29.2 Å². The fourth-order valence-electron chi connectivity index (χ4n) is 2.70. The highest BCUT2D eigenvalue weighted by molar-refractivity contribution is 7.99. The molecule has 2 aliphatic rings. The molecule has 1 aromatic heterocycles. The number of hydrogen-bond donors (Lipinski definition) is 0. The third-order valence-corrected chi connectivity index (χ3v) is 5.13. The summed E-state index contributed by atoms with van der Waals surface area (Å²) in [4.78, 5) is 10.3. The number of halogens is 1. The summed E-state index contributed by atoms with van der Waals surface area (Å²) >= 11 is 8.06. The molecule has 0 amide bonds. The van der Waals surface area contributed by atoms with Crippen molar-refractivity contribution in [2.24, 2.45) is 0 Å². The number of nitrogens with zero attached hydrogens (tertiary/aromatic N) is 2. The summed E-state index contributed by atoms with van der Waals surface area (Å²) in [5.41, 5.74) is 2.23. The van der Waals surface area contributed by atoms with E-state index in [0.717, 1.165) is 47.8 Å². The van der Waals surface area contributed by atoms with Crippen molar-refractivity contribution in [2.45, 2.75) is 30.3 Å². The Morgan fingerprint density at radius 1 is 1.20 bits per heavy atom. The van der Waals surface area contributed by atoms with Crippen LogP contribution in [0.5, 0.6) is 5.75 Å². The Hall–Kier alpha value is -1.26. The average Bonchev–Trinajstić information content (AvgIpc) is 2.96. The third kappa shape index (κ3) is 2.07. The molecule has 4 rings (SSSR count). The molecule has 102 valence electrons. The molecule has 1 unspecified atom stereocenters. The summed E-state index contributed by atoms with van der Waals surface area (Å²) in [6, 6.07) is 8.08. The van der Waals surface area contributed by atoms with Crippen molar-refractivity contribution in [3.63, 3.8) is 0 Å². The highest BCUT2D eigenvalue weighted by Crippen LogP contribution is 2.40. The Labute approximate surface area is 126 Å². The van der Waals surface area contributed by atoms with Gasteiger partial charge in [0.1, 0.15) is 10.9 Å². The summed E-state index contributed by atoms with van der Waals surface area (Å²) in [6.45, 7) is 0. The standard InChI is InChI=1S/C15H13ClN2OS/c16-14-9-4-3-5-10(9)17-15(18-14)12-8-20-13-7-2-1-6-11(13)19-12/h1-2,6-7,12H,3-5,8H2. The molecule has 5 heteroatoms. The van der Waals surface area contributed by atoms with E-state index in [4.69, 9.17) is 16.3 Å². The van der Waals surface area contributed by atoms with E-state index in [9.17, 15) is 0 Å². The first-order chi connectivity index (χ1) is 9.81. The van der Waals surface area contributed by atoms with Crippen LogP contribution < -0.4 is 4.74 Å². The second-order valence-electron chi connectivity index (χ2n) is 5.02. The molecular formula is C15H13ClN2OS. The fourth-order valence-corrected chi connectivity index (χ4v) is 3.97. The van der Waals surface area contributed by atoms with Gasteiger partial charge in [-0.15, -0.1) is 11.8 Å². The van der Waals surface area contributed by atoms with Crippen molar-refractivity contribution in [3.05, 3.63) is 46.5 Å². The first-order valence-electron chi connectivity index (χ1n) is 6.75. The van der Waals surface area contributed by atoms with Crippen LogP contribution in [-0.2, 0) is 12.8 Å². The van der Waals surface area contributed by atoms with E-state index in [1.54, 1.807) is 11.8 Å². The van der Waals surface area contributed by atoms with Gasteiger partial charge in [-0.05, 0) is 31.4 Å². The van der Waals surface area contributed by atoms with Gasteiger partial charge in [0.05, 0.1) is 0 Å². The monoisotopic (exact) mass is 304 g/mol. The lowest BCUT2D eigenvalue weighted by Crippen LogP contribution is -2.18. The maximum Gasteiger partial charge on any atom is 0.171 e. The van der Waals surface area contributed by atoms with Crippen LogP contribution in [-0.4, -0.2) is 15.7 Å². The van der Waals surface area contributed by atoms with Gasteiger partial charge in [0, 0.05) is 21.9 Å². The number of ether oxygens (including phenoxy) is 1. The number of para-hydroxylation sites is 1. The molecule has 0 radical (unpaired) electrons. The van der Waals surface area contributed by atoms with E-state index in [-0.39, 0.29) is 6.10 Å². The van der Waals surface area contributed by atoms with E-state index in [0.29, 0.717) is 5.15 Å². The number of rotatable bonds is 1. The molecule has 0 spiro atoms. The van der Waals surface area contributed by atoms with Gasteiger partial charge < -0.3 is 4.74 Å². The summed E-state index contributed by atoms with van der Waals surface area (Å²) in [5, 5.41) is 0.606. The molecule has 1 aliphatic carbocycles. The van der Waals surface area contributed by atoms with E-state index in [2.05, 4.69) is 16.0 Å². The Morgan fingerprint density at radius 2 is 2.10 bits per heavy atom. The zero-order valence-electron chi connectivity index (χ0n) is 10.8. The first-order valence-corrected chi connectivity index (χ1v) is 8.11. The molecule has 0 saturated carbocycles. The molecule has 0 N–H and O–H groups in total. The van der Waals surface area contributed by atoms with Gasteiger partial charge in [-0.1, -0.05) is 23.7 Å². The van der Waals surface area contributed by atoms with Crippen LogP contribution in [0.25, 0.3) is 0 Å². The topological polar surface area (TPSA) is 35.0 Å². The first kappa shape index (κ1) is 12.5. The quantitative estimate of drug-likeness (QED) is 0.750. The number of thioether (sulfide) groups is 1. The number of aryl methyl sites for hydroxylation is 1. The van der Waals surface area contributed by atoms with Crippen molar-refractivity contribution in [1.82, 2.24) is 9.97 Å². The van der Waals surface area contributed by atoms with Gasteiger partial charge in [-0.25, -0.2) is 9.97 Å². The minimum Gasteiger partial charge on any atom is -0.480 e. The average molecular weight is 305 g/mol. The normalized spacial score (nSPS) is 20.1. The number of benzene rings is 1. The number of hydrogen-bond acceptors (Lipinski definition) is 4. The van der Waals surface area contributed by atoms with Crippen molar-refractivity contribution in [1.29, 1.82) is 0 Å². The molecule has 1 aliphatic heterocycles. The van der Waals surface area contributed by atoms with Gasteiger partial charge in [-0.3, -0.25) is 0 Å². The number of fused-ring (bicyclic) bond motifs is 2. The zero-order valence-corrected chi connectivity index (χ0v) is 12.4. The van der Waals surface area contributed by atoms with E-state index in [1.807, 2.05) is 18.2 Å². The smallest absolute Gasteiger partial charge is 0.171 e. The lowest BCUT2D eigenvalue weighted by molar-refractivity contribution is 0.210. The summed E-state index contributed by atoms with van der Waals surface area (Å²) in [6.07, 6.45) is 3.01. The minimum absolute atomic E-state index is 0.113. The van der Waals surface area contributed by atoms with E-state index >= 15 is 0 Å². The van der Waals surface area contributed by atoms with Crippen molar-refractivity contribution in [3.8, 4) is 5.75 Å². The Balaban J connectivity index is 1.68. The molecule has 20 heavy (non-hydrogen) atoms. The summed E-state index contributed by atoms with van der Waals surface area (Å²) < 4.78 is 6.03. The van der Waals surface area contributed by atoms with Gasteiger partial charge in [-0.2, -0.15) is 0 Å². The third-order valence-electron chi connectivity index (χ3n) is 3.70. The largest absolute Gasteiger partial charge is 0.480 e. The molecular weight excluding hydrogens is 292 g/mol. The highest BCUT2D eigenvalue weighted by atomic mass is 35.5. The SMILES string of the molecule is Clc1nc(C2CSc3ccccc3O2)nc2c1CCC2. The molecule has 2 aromatic rings. The molecule has 1 aromatic carbocycles. The predicted octanol–water partition coefficient (Wildman–Crippen LogP) is 3.84. The Bertz CT molecular complexity index is 677. The lowest BCUT2D eigenvalue weighted by atomic mass is 10.2. The van der Waals surface area contributed by atoms with Crippen LogP contribution in [0.4, 0.5) is 0 Å².